The van der Waals surface area contributed by atoms with E-state index in [4.69, 9.17) is 4.74 Å². The van der Waals surface area contributed by atoms with E-state index in [1.165, 1.54) is 6.07 Å². The third kappa shape index (κ3) is 4.14. The number of nitrogens with zero attached hydrogens (tertiary/aromatic N) is 1. The third-order valence-corrected chi connectivity index (χ3v) is 4.39. The lowest BCUT2D eigenvalue weighted by Crippen LogP contribution is -2.33. The average Bonchev–Trinajstić information content (AvgIpc) is 3.05. The van der Waals surface area contributed by atoms with Gasteiger partial charge in [0.15, 0.2) is 0 Å². The summed E-state index contributed by atoms with van der Waals surface area (Å²) in [6, 6.07) is 11.0. The van der Waals surface area contributed by atoms with E-state index in [1.54, 1.807) is 7.11 Å². The molecule has 1 amide bonds. The quantitative estimate of drug-likeness (QED) is 0.896. The van der Waals surface area contributed by atoms with Crippen molar-refractivity contribution in [2.75, 3.05) is 25.5 Å². The second kappa shape index (κ2) is 7.61. The van der Waals surface area contributed by atoms with Crippen molar-refractivity contribution in [1.29, 1.82) is 0 Å². The molecule has 132 valence electrons. The third-order valence-electron chi connectivity index (χ3n) is 4.39. The lowest BCUT2D eigenvalue weighted by atomic mass is 10.0. The fraction of sp³-hybridized carbons (Fsp3) is 0.316. The van der Waals surface area contributed by atoms with Crippen molar-refractivity contribution in [2.45, 2.75) is 18.9 Å². The van der Waals surface area contributed by atoms with Gasteiger partial charge in [-0.05, 0) is 49.2 Å². The number of anilines is 1. The molecule has 0 aromatic heterocycles. The number of nitrogens with one attached hydrogen (secondary N) is 1. The molecule has 0 radical (unpaired) electrons. The lowest BCUT2D eigenvalue weighted by molar-refractivity contribution is -0.117. The Bertz CT molecular complexity index is 767. The van der Waals surface area contributed by atoms with Gasteiger partial charge < -0.3 is 10.1 Å². The standard InChI is InChI=1S/C19H20F2N2O2/c1-25-15-5-2-4-13(10-15)18-6-3-9-23(18)12-19(24)22-17-8-7-14(20)11-16(17)21/h2,4-5,7-8,10-11,18H,3,6,9,12H2,1H3,(H,22,24)/t18-/m1/s1. The minimum atomic E-state index is -0.779. The number of benzene rings is 2. The van der Waals surface area contributed by atoms with Crippen LogP contribution in [0.2, 0.25) is 0 Å². The van der Waals surface area contributed by atoms with Crippen molar-refractivity contribution in [3.05, 3.63) is 59.7 Å². The Morgan fingerprint density at radius 3 is 2.88 bits per heavy atom. The van der Waals surface area contributed by atoms with Crippen LogP contribution in [0.5, 0.6) is 5.75 Å². The first-order chi connectivity index (χ1) is 12.1. The highest BCUT2D eigenvalue weighted by molar-refractivity contribution is 5.92. The number of likely N-dealkylation sites (tertiary alicyclic amines) is 1. The van der Waals surface area contributed by atoms with Gasteiger partial charge in [-0.2, -0.15) is 0 Å². The van der Waals surface area contributed by atoms with Gasteiger partial charge >= 0.3 is 0 Å². The van der Waals surface area contributed by atoms with E-state index in [9.17, 15) is 13.6 Å². The molecule has 3 rings (SSSR count). The van der Waals surface area contributed by atoms with Gasteiger partial charge in [0.1, 0.15) is 17.4 Å². The summed E-state index contributed by atoms with van der Waals surface area (Å²) >= 11 is 0. The van der Waals surface area contributed by atoms with Crippen LogP contribution in [0, 0.1) is 11.6 Å². The summed E-state index contributed by atoms with van der Waals surface area (Å²) in [6.07, 6.45) is 1.94. The molecular weight excluding hydrogens is 326 g/mol. The summed E-state index contributed by atoms with van der Waals surface area (Å²) in [5.74, 6) is -0.991. The van der Waals surface area contributed by atoms with Gasteiger partial charge in [0, 0.05) is 12.1 Å². The van der Waals surface area contributed by atoms with E-state index in [-0.39, 0.29) is 24.2 Å². The van der Waals surface area contributed by atoms with Gasteiger partial charge in [-0.15, -0.1) is 0 Å². The van der Waals surface area contributed by atoms with Crippen LogP contribution < -0.4 is 10.1 Å². The molecule has 1 aliphatic heterocycles. The number of ether oxygens (including phenoxy) is 1. The van der Waals surface area contributed by atoms with Crippen LogP contribution in [-0.4, -0.2) is 31.0 Å². The minimum Gasteiger partial charge on any atom is -0.497 e. The predicted octanol–water partition coefficient (Wildman–Crippen LogP) is 3.75. The zero-order valence-corrected chi connectivity index (χ0v) is 14.0. The van der Waals surface area contributed by atoms with Crippen molar-refractivity contribution in [3.8, 4) is 5.75 Å². The molecule has 0 saturated carbocycles. The van der Waals surface area contributed by atoms with Crippen LogP contribution >= 0.6 is 0 Å². The van der Waals surface area contributed by atoms with Crippen LogP contribution in [0.4, 0.5) is 14.5 Å². The van der Waals surface area contributed by atoms with Crippen molar-refractivity contribution in [3.63, 3.8) is 0 Å². The summed E-state index contributed by atoms with van der Waals surface area (Å²) in [5.41, 5.74) is 1.08. The Morgan fingerprint density at radius 2 is 2.12 bits per heavy atom. The number of amides is 1. The zero-order chi connectivity index (χ0) is 17.8. The van der Waals surface area contributed by atoms with Crippen LogP contribution in [0.15, 0.2) is 42.5 Å². The topological polar surface area (TPSA) is 41.6 Å². The molecule has 0 spiro atoms. The van der Waals surface area contributed by atoms with E-state index in [2.05, 4.69) is 10.2 Å². The van der Waals surface area contributed by atoms with E-state index in [0.29, 0.717) is 0 Å². The second-order valence-corrected chi connectivity index (χ2v) is 6.08. The van der Waals surface area contributed by atoms with Crippen molar-refractivity contribution >= 4 is 11.6 Å². The predicted molar refractivity (Wildman–Crippen MR) is 91.5 cm³/mol. The number of methoxy groups -OCH3 is 1. The molecule has 1 saturated heterocycles. The summed E-state index contributed by atoms with van der Waals surface area (Å²) < 4.78 is 31.9. The second-order valence-electron chi connectivity index (χ2n) is 6.08. The molecule has 4 nitrogen and oxygen atoms in total. The first kappa shape index (κ1) is 17.4. The van der Waals surface area contributed by atoms with Gasteiger partial charge in [0.2, 0.25) is 5.91 Å². The number of hydrogen-bond acceptors (Lipinski definition) is 3. The molecule has 1 heterocycles. The Kier molecular flexibility index (Phi) is 5.28. The molecule has 25 heavy (non-hydrogen) atoms. The number of rotatable bonds is 5. The lowest BCUT2D eigenvalue weighted by Gasteiger charge is -2.24. The maximum absolute atomic E-state index is 13.7. The number of hydrogen-bond donors (Lipinski definition) is 1. The molecule has 0 aliphatic carbocycles. The molecule has 1 aliphatic rings. The molecule has 1 N–H and O–H groups in total. The minimum absolute atomic E-state index is 0.0106. The summed E-state index contributed by atoms with van der Waals surface area (Å²) in [6.45, 7) is 0.944. The molecule has 2 aromatic rings. The molecule has 0 unspecified atom stereocenters. The number of carbonyl (C=O) groups excluding carboxylic acids is 1. The Balaban J connectivity index is 1.67. The monoisotopic (exact) mass is 346 g/mol. The highest BCUT2D eigenvalue weighted by atomic mass is 19.1. The zero-order valence-electron chi connectivity index (χ0n) is 14.0. The highest BCUT2D eigenvalue weighted by Crippen LogP contribution is 2.33. The van der Waals surface area contributed by atoms with Crippen molar-refractivity contribution in [1.82, 2.24) is 4.90 Å². The van der Waals surface area contributed by atoms with Crippen molar-refractivity contribution in [2.24, 2.45) is 0 Å². The molecule has 1 fully saturated rings. The largest absolute Gasteiger partial charge is 0.497 e. The van der Waals surface area contributed by atoms with Crippen molar-refractivity contribution < 1.29 is 18.3 Å². The van der Waals surface area contributed by atoms with Gasteiger partial charge in [-0.1, -0.05) is 12.1 Å². The summed E-state index contributed by atoms with van der Waals surface area (Å²) in [4.78, 5) is 14.3. The van der Waals surface area contributed by atoms with Gasteiger partial charge in [-0.3, -0.25) is 9.69 Å². The van der Waals surface area contributed by atoms with E-state index in [0.717, 1.165) is 42.8 Å². The van der Waals surface area contributed by atoms with E-state index >= 15 is 0 Å². The Labute approximate surface area is 145 Å². The average molecular weight is 346 g/mol. The van der Waals surface area contributed by atoms with Crippen LogP contribution in [0.1, 0.15) is 24.4 Å². The van der Waals surface area contributed by atoms with E-state index < -0.39 is 11.6 Å². The molecule has 2 aromatic carbocycles. The SMILES string of the molecule is COc1cccc([C@H]2CCCN2CC(=O)Nc2ccc(F)cc2F)c1. The fourth-order valence-electron chi connectivity index (χ4n) is 3.21. The smallest absolute Gasteiger partial charge is 0.238 e. The molecule has 6 heteroatoms. The van der Waals surface area contributed by atoms with Gasteiger partial charge in [0.25, 0.3) is 0 Å². The van der Waals surface area contributed by atoms with Gasteiger partial charge in [0.05, 0.1) is 19.3 Å². The summed E-state index contributed by atoms with van der Waals surface area (Å²) in [7, 11) is 1.62. The maximum Gasteiger partial charge on any atom is 0.238 e. The number of carbonyl (C=O) groups is 1. The van der Waals surface area contributed by atoms with Gasteiger partial charge in [-0.25, -0.2) is 8.78 Å². The first-order valence-corrected chi connectivity index (χ1v) is 8.19. The van der Waals surface area contributed by atoms with Crippen LogP contribution in [0.3, 0.4) is 0 Å². The Hall–Kier alpha value is -2.47. The van der Waals surface area contributed by atoms with E-state index in [1.807, 2.05) is 24.3 Å². The summed E-state index contributed by atoms with van der Waals surface area (Å²) in [5, 5.41) is 2.51. The Morgan fingerprint density at radius 1 is 1.28 bits per heavy atom. The molecular formula is C19H20F2N2O2. The fourth-order valence-corrected chi connectivity index (χ4v) is 3.21. The normalized spacial score (nSPS) is 17.5. The highest BCUT2D eigenvalue weighted by Gasteiger charge is 2.28. The van der Waals surface area contributed by atoms with Crippen LogP contribution in [-0.2, 0) is 4.79 Å². The first-order valence-electron chi connectivity index (χ1n) is 8.19. The molecule has 1 atom stereocenters. The number of halogens is 2. The van der Waals surface area contributed by atoms with Crippen LogP contribution in [0.25, 0.3) is 0 Å². The maximum atomic E-state index is 13.7. The molecule has 0 bridgehead atoms.